The third kappa shape index (κ3) is 3.76. The predicted octanol–water partition coefficient (Wildman–Crippen LogP) is 2.55. The number of methoxy groups -OCH3 is 1. The molecule has 4 nitrogen and oxygen atoms in total. The fraction of sp³-hybridized carbons (Fsp3) is 0.750. The predicted molar refractivity (Wildman–Crippen MR) is 62.1 cm³/mol. The fourth-order valence-electron chi connectivity index (χ4n) is 1.71. The van der Waals surface area contributed by atoms with Gasteiger partial charge in [0.25, 0.3) is 0 Å². The van der Waals surface area contributed by atoms with Gasteiger partial charge in [0.1, 0.15) is 5.60 Å². The fourth-order valence-corrected chi connectivity index (χ4v) is 1.71. The van der Waals surface area contributed by atoms with Crippen LogP contribution in [0.4, 0.5) is 4.79 Å². The van der Waals surface area contributed by atoms with E-state index in [0.29, 0.717) is 0 Å². The van der Waals surface area contributed by atoms with Crippen LogP contribution in [0.15, 0.2) is 12.3 Å². The second kappa shape index (κ2) is 5.23. The van der Waals surface area contributed by atoms with Crippen LogP contribution in [0.1, 0.15) is 33.6 Å². The minimum absolute atomic E-state index is 0.106. The zero-order valence-electron chi connectivity index (χ0n) is 10.5. The van der Waals surface area contributed by atoms with Crippen LogP contribution in [-0.4, -0.2) is 36.3 Å². The van der Waals surface area contributed by atoms with Gasteiger partial charge in [-0.15, -0.1) is 0 Å². The van der Waals surface area contributed by atoms with Crippen LogP contribution in [0.2, 0.25) is 0 Å². The molecule has 0 aromatic heterocycles. The zero-order chi connectivity index (χ0) is 12.2. The number of ether oxygens (including phenoxy) is 2. The highest BCUT2D eigenvalue weighted by atomic mass is 16.6. The van der Waals surface area contributed by atoms with E-state index in [4.69, 9.17) is 9.47 Å². The highest BCUT2D eigenvalue weighted by Crippen LogP contribution is 2.21. The summed E-state index contributed by atoms with van der Waals surface area (Å²) < 4.78 is 10.2. The summed E-state index contributed by atoms with van der Waals surface area (Å²) >= 11 is 0. The van der Waals surface area contributed by atoms with Crippen LogP contribution < -0.4 is 0 Å². The van der Waals surface area contributed by atoms with Crippen LogP contribution in [-0.2, 0) is 9.47 Å². The maximum absolute atomic E-state index is 11.9. The van der Waals surface area contributed by atoms with Crippen molar-refractivity contribution in [1.29, 1.82) is 0 Å². The lowest BCUT2D eigenvalue weighted by atomic mass is 10.2. The molecule has 1 atom stereocenters. The number of likely N-dealkylation sites (tertiary alicyclic amines) is 1. The summed E-state index contributed by atoms with van der Waals surface area (Å²) in [5.41, 5.74) is -0.435. The molecule has 1 aliphatic rings. The molecule has 0 aromatic rings. The van der Waals surface area contributed by atoms with Crippen molar-refractivity contribution in [1.82, 2.24) is 4.90 Å². The van der Waals surface area contributed by atoms with Gasteiger partial charge in [-0.05, 0) is 39.7 Å². The van der Waals surface area contributed by atoms with Gasteiger partial charge in [-0.3, -0.25) is 0 Å². The van der Waals surface area contributed by atoms with E-state index < -0.39 is 5.60 Å². The lowest BCUT2D eigenvalue weighted by molar-refractivity contribution is 0.0255. The van der Waals surface area contributed by atoms with Gasteiger partial charge in [-0.2, -0.15) is 0 Å². The molecule has 1 unspecified atom stereocenters. The number of carbonyl (C=O) groups is 1. The minimum atomic E-state index is -0.435. The van der Waals surface area contributed by atoms with Gasteiger partial charge in [0.15, 0.2) is 0 Å². The second-order valence-electron chi connectivity index (χ2n) is 4.95. The van der Waals surface area contributed by atoms with Crippen LogP contribution in [0.3, 0.4) is 0 Å². The number of hydrogen-bond acceptors (Lipinski definition) is 3. The van der Waals surface area contributed by atoms with Crippen molar-refractivity contribution >= 4 is 6.09 Å². The van der Waals surface area contributed by atoms with Crippen molar-refractivity contribution < 1.29 is 14.3 Å². The second-order valence-corrected chi connectivity index (χ2v) is 4.95. The molecule has 1 fully saturated rings. The maximum Gasteiger partial charge on any atom is 0.410 e. The van der Waals surface area contributed by atoms with Gasteiger partial charge in [0.05, 0.1) is 19.4 Å². The molecule has 0 bridgehead atoms. The van der Waals surface area contributed by atoms with Gasteiger partial charge in [-0.25, -0.2) is 4.79 Å². The van der Waals surface area contributed by atoms with Crippen LogP contribution in [0.5, 0.6) is 0 Å². The number of carbonyl (C=O) groups excluding carboxylic acids is 1. The molecule has 1 heterocycles. The van der Waals surface area contributed by atoms with Gasteiger partial charge >= 0.3 is 6.09 Å². The molecule has 0 radical (unpaired) electrons. The van der Waals surface area contributed by atoms with Crippen molar-refractivity contribution in [3.63, 3.8) is 0 Å². The maximum atomic E-state index is 11.9. The average molecular weight is 227 g/mol. The summed E-state index contributed by atoms with van der Waals surface area (Å²) in [7, 11) is 1.60. The Labute approximate surface area is 97.2 Å². The Balaban J connectivity index is 2.57. The van der Waals surface area contributed by atoms with E-state index in [1.54, 1.807) is 18.3 Å². The van der Waals surface area contributed by atoms with E-state index in [0.717, 1.165) is 19.4 Å². The summed E-state index contributed by atoms with van der Waals surface area (Å²) in [6.07, 6.45) is 5.26. The third-order valence-corrected chi connectivity index (χ3v) is 2.36. The minimum Gasteiger partial charge on any atom is -0.505 e. The molecular formula is C12H21NO3. The van der Waals surface area contributed by atoms with Crippen LogP contribution >= 0.6 is 0 Å². The first-order valence-corrected chi connectivity index (χ1v) is 5.63. The highest BCUT2D eigenvalue weighted by Gasteiger charge is 2.30. The van der Waals surface area contributed by atoms with E-state index in [1.165, 1.54) is 0 Å². The van der Waals surface area contributed by atoms with Gasteiger partial charge in [-0.1, -0.05) is 0 Å². The molecule has 0 aliphatic carbocycles. The summed E-state index contributed by atoms with van der Waals surface area (Å²) in [6.45, 7) is 6.39. The van der Waals surface area contributed by atoms with E-state index in [9.17, 15) is 4.79 Å². The Morgan fingerprint density at radius 1 is 1.44 bits per heavy atom. The standard InChI is InChI=1S/C12H21NO3/c1-12(2,3)16-11(14)13-8-5-6-10(13)7-9-15-4/h7,9-10H,5-6,8H2,1-4H3. The molecule has 4 heteroatoms. The van der Waals surface area contributed by atoms with Gasteiger partial charge in [0.2, 0.25) is 0 Å². The third-order valence-electron chi connectivity index (χ3n) is 2.36. The Morgan fingerprint density at radius 3 is 2.69 bits per heavy atom. The summed E-state index contributed by atoms with van der Waals surface area (Å²) in [5, 5.41) is 0. The number of nitrogens with zero attached hydrogens (tertiary/aromatic N) is 1. The molecule has 1 amide bonds. The van der Waals surface area contributed by atoms with Gasteiger partial charge < -0.3 is 14.4 Å². The molecule has 0 aromatic carbocycles. The zero-order valence-corrected chi connectivity index (χ0v) is 10.5. The molecule has 0 spiro atoms. The van der Waals surface area contributed by atoms with E-state index in [1.807, 2.05) is 26.8 Å². The van der Waals surface area contributed by atoms with Crippen molar-refractivity contribution in [2.45, 2.75) is 45.3 Å². The molecule has 1 rings (SSSR count). The molecule has 0 N–H and O–H groups in total. The van der Waals surface area contributed by atoms with E-state index in [2.05, 4.69) is 0 Å². The summed E-state index contributed by atoms with van der Waals surface area (Å²) in [4.78, 5) is 13.6. The largest absolute Gasteiger partial charge is 0.505 e. The molecule has 92 valence electrons. The van der Waals surface area contributed by atoms with Crippen molar-refractivity contribution in [3.05, 3.63) is 12.3 Å². The molecule has 1 saturated heterocycles. The molecule has 16 heavy (non-hydrogen) atoms. The Morgan fingerprint density at radius 2 is 2.12 bits per heavy atom. The van der Waals surface area contributed by atoms with Crippen molar-refractivity contribution in [2.75, 3.05) is 13.7 Å². The number of amides is 1. The SMILES string of the molecule is COC=CC1CCCN1C(=O)OC(C)(C)C. The average Bonchev–Trinajstić information content (AvgIpc) is 2.59. The Hall–Kier alpha value is -1.19. The Bertz CT molecular complexity index is 268. The van der Waals surface area contributed by atoms with Crippen LogP contribution in [0.25, 0.3) is 0 Å². The molecular weight excluding hydrogens is 206 g/mol. The lowest BCUT2D eigenvalue weighted by Crippen LogP contribution is -2.39. The van der Waals surface area contributed by atoms with Gasteiger partial charge in [0, 0.05) is 6.54 Å². The number of hydrogen-bond donors (Lipinski definition) is 0. The first kappa shape index (κ1) is 12.9. The van der Waals surface area contributed by atoms with Crippen molar-refractivity contribution in [2.24, 2.45) is 0 Å². The molecule has 1 aliphatic heterocycles. The monoisotopic (exact) mass is 227 g/mol. The summed E-state index contributed by atoms with van der Waals surface area (Å²) in [5.74, 6) is 0. The Kier molecular flexibility index (Phi) is 4.21. The van der Waals surface area contributed by atoms with Crippen LogP contribution in [0, 0.1) is 0 Å². The first-order valence-electron chi connectivity index (χ1n) is 5.63. The normalized spacial score (nSPS) is 21.5. The van der Waals surface area contributed by atoms with Crippen molar-refractivity contribution in [3.8, 4) is 0 Å². The number of rotatable bonds is 2. The highest BCUT2D eigenvalue weighted by molar-refractivity contribution is 5.69. The quantitative estimate of drug-likeness (QED) is 0.680. The first-order chi connectivity index (χ1) is 7.44. The smallest absolute Gasteiger partial charge is 0.410 e. The van der Waals surface area contributed by atoms with E-state index >= 15 is 0 Å². The van der Waals surface area contributed by atoms with E-state index in [-0.39, 0.29) is 12.1 Å². The molecule has 0 saturated carbocycles. The summed E-state index contributed by atoms with van der Waals surface area (Å²) in [6, 6.07) is 0.106. The topological polar surface area (TPSA) is 38.8 Å². The lowest BCUT2D eigenvalue weighted by Gasteiger charge is -2.27.